The standard InChI is InChI=1S/C11H15NO4S2/c1-7-4-3-5-12(7)18(15,16)10-6-9(11(13)14)17-8(10)2/h6-7H,3-5H2,1-2H3,(H,13,14). The zero-order valence-corrected chi connectivity index (χ0v) is 11.8. The van der Waals surface area contributed by atoms with Crippen molar-refractivity contribution in [3.63, 3.8) is 0 Å². The van der Waals surface area contributed by atoms with Gasteiger partial charge in [0.05, 0.1) is 4.90 Å². The Bertz CT molecular complexity index is 576. The predicted molar refractivity (Wildman–Crippen MR) is 68.6 cm³/mol. The van der Waals surface area contributed by atoms with Gasteiger partial charge in [-0.05, 0) is 32.8 Å². The molecule has 1 aliphatic rings. The lowest BCUT2D eigenvalue weighted by molar-refractivity contribution is 0.0702. The van der Waals surface area contributed by atoms with Crippen molar-refractivity contribution in [3.8, 4) is 0 Å². The third kappa shape index (κ3) is 2.17. The fourth-order valence-corrected chi connectivity index (χ4v) is 5.32. The molecule has 0 bridgehead atoms. The number of nitrogens with zero attached hydrogens (tertiary/aromatic N) is 1. The van der Waals surface area contributed by atoms with E-state index in [4.69, 9.17) is 5.11 Å². The first-order valence-corrected chi connectivity index (χ1v) is 7.95. The molecule has 0 spiro atoms. The molecule has 7 heteroatoms. The lowest BCUT2D eigenvalue weighted by atomic mass is 10.3. The van der Waals surface area contributed by atoms with Crippen LogP contribution in [0.2, 0.25) is 0 Å². The minimum atomic E-state index is -3.55. The molecule has 1 aromatic rings. The van der Waals surface area contributed by atoms with Crippen molar-refractivity contribution >= 4 is 27.3 Å². The highest BCUT2D eigenvalue weighted by Crippen LogP contribution is 2.31. The van der Waals surface area contributed by atoms with Crippen molar-refractivity contribution < 1.29 is 18.3 Å². The summed E-state index contributed by atoms with van der Waals surface area (Å²) in [5.74, 6) is -1.08. The van der Waals surface area contributed by atoms with Crippen molar-refractivity contribution in [3.05, 3.63) is 15.8 Å². The van der Waals surface area contributed by atoms with Gasteiger partial charge >= 0.3 is 5.97 Å². The third-order valence-electron chi connectivity index (χ3n) is 3.16. The minimum Gasteiger partial charge on any atom is -0.477 e. The first-order chi connectivity index (χ1) is 8.34. The Hall–Kier alpha value is -0.920. The van der Waals surface area contributed by atoms with E-state index in [0.717, 1.165) is 24.2 Å². The van der Waals surface area contributed by atoms with Crippen LogP contribution in [-0.2, 0) is 10.0 Å². The predicted octanol–water partition coefficient (Wildman–Crippen LogP) is 1.93. The summed E-state index contributed by atoms with van der Waals surface area (Å²) in [7, 11) is -3.55. The molecule has 1 aliphatic heterocycles. The van der Waals surface area contributed by atoms with E-state index in [1.807, 2.05) is 6.92 Å². The molecule has 2 rings (SSSR count). The van der Waals surface area contributed by atoms with E-state index < -0.39 is 16.0 Å². The zero-order chi connectivity index (χ0) is 13.5. The number of carbonyl (C=O) groups is 1. The molecular formula is C11H15NO4S2. The molecule has 2 heterocycles. The van der Waals surface area contributed by atoms with Gasteiger partial charge in [-0.1, -0.05) is 0 Å². The number of carboxylic acid groups (broad SMARTS) is 1. The number of hydrogen-bond donors (Lipinski definition) is 1. The van der Waals surface area contributed by atoms with Crippen LogP contribution >= 0.6 is 11.3 Å². The van der Waals surface area contributed by atoms with Crippen molar-refractivity contribution in [1.29, 1.82) is 0 Å². The second-order valence-electron chi connectivity index (χ2n) is 4.44. The van der Waals surface area contributed by atoms with E-state index in [-0.39, 0.29) is 15.8 Å². The van der Waals surface area contributed by atoms with E-state index in [9.17, 15) is 13.2 Å². The van der Waals surface area contributed by atoms with Crippen LogP contribution < -0.4 is 0 Å². The average molecular weight is 289 g/mol. The van der Waals surface area contributed by atoms with E-state index >= 15 is 0 Å². The van der Waals surface area contributed by atoms with Crippen LogP contribution in [0.15, 0.2) is 11.0 Å². The first-order valence-electron chi connectivity index (χ1n) is 5.69. The molecule has 0 saturated carbocycles. The monoisotopic (exact) mass is 289 g/mol. The summed E-state index contributed by atoms with van der Waals surface area (Å²) in [6.45, 7) is 4.04. The van der Waals surface area contributed by atoms with Crippen LogP contribution in [0.1, 0.15) is 34.3 Å². The largest absolute Gasteiger partial charge is 0.477 e. The van der Waals surface area contributed by atoms with Crippen LogP contribution in [0.4, 0.5) is 0 Å². The van der Waals surface area contributed by atoms with E-state index in [0.29, 0.717) is 11.4 Å². The molecule has 1 N–H and O–H groups in total. The smallest absolute Gasteiger partial charge is 0.345 e. The molecule has 5 nitrogen and oxygen atoms in total. The van der Waals surface area contributed by atoms with Gasteiger partial charge < -0.3 is 5.11 Å². The summed E-state index contributed by atoms with van der Waals surface area (Å²) >= 11 is 1.00. The molecule has 0 radical (unpaired) electrons. The Labute approximate surface area is 110 Å². The number of aromatic carboxylic acids is 1. The van der Waals surface area contributed by atoms with Gasteiger partial charge in [-0.2, -0.15) is 4.31 Å². The molecule has 100 valence electrons. The normalized spacial score (nSPS) is 21.3. The van der Waals surface area contributed by atoms with Gasteiger partial charge in [-0.25, -0.2) is 13.2 Å². The molecule has 0 aliphatic carbocycles. The van der Waals surface area contributed by atoms with Gasteiger partial charge in [0.1, 0.15) is 4.88 Å². The van der Waals surface area contributed by atoms with Crippen molar-refractivity contribution in [2.75, 3.05) is 6.54 Å². The van der Waals surface area contributed by atoms with Crippen LogP contribution in [0.5, 0.6) is 0 Å². The quantitative estimate of drug-likeness (QED) is 0.922. The topological polar surface area (TPSA) is 74.7 Å². The SMILES string of the molecule is Cc1sc(C(=O)O)cc1S(=O)(=O)N1CCCC1C. The molecule has 0 amide bonds. The van der Waals surface area contributed by atoms with Gasteiger partial charge in [0, 0.05) is 17.5 Å². The summed E-state index contributed by atoms with van der Waals surface area (Å²) < 4.78 is 26.3. The maximum atomic E-state index is 12.4. The van der Waals surface area contributed by atoms with Crippen LogP contribution in [0, 0.1) is 6.92 Å². The number of aryl methyl sites for hydroxylation is 1. The molecule has 1 fully saturated rings. The van der Waals surface area contributed by atoms with Gasteiger partial charge in [0.2, 0.25) is 10.0 Å². The van der Waals surface area contributed by atoms with Crippen LogP contribution in [-0.4, -0.2) is 36.4 Å². The molecule has 1 aromatic heterocycles. The second kappa shape index (κ2) is 4.64. The molecule has 1 unspecified atom stereocenters. The van der Waals surface area contributed by atoms with Crippen molar-refractivity contribution in [1.82, 2.24) is 4.31 Å². The Morgan fingerprint density at radius 2 is 2.22 bits per heavy atom. The third-order valence-corrected chi connectivity index (χ3v) is 6.47. The summed E-state index contributed by atoms with van der Waals surface area (Å²) in [5.41, 5.74) is 0. The molecule has 1 saturated heterocycles. The van der Waals surface area contributed by atoms with Crippen LogP contribution in [0.3, 0.4) is 0 Å². The Balaban J connectivity index is 2.44. The lowest BCUT2D eigenvalue weighted by Gasteiger charge is -2.20. The van der Waals surface area contributed by atoms with E-state index in [1.54, 1.807) is 6.92 Å². The van der Waals surface area contributed by atoms with E-state index in [1.165, 1.54) is 10.4 Å². The molecule has 18 heavy (non-hydrogen) atoms. The summed E-state index contributed by atoms with van der Waals surface area (Å²) in [4.78, 5) is 11.6. The summed E-state index contributed by atoms with van der Waals surface area (Å²) in [6, 6.07) is 1.26. The van der Waals surface area contributed by atoms with Gasteiger partial charge in [0.25, 0.3) is 0 Å². The minimum absolute atomic E-state index is 0.0115. The van der Waals surface area contributed by atoms with Crippen LogP contribution in [0.25, 0.3) is 0 Å². The van der Waals surface area contributed by atoms with Crippen molar-refractivity contribution in [2.24, 2.45) is 0 Å². The van der Waals surface area contributed by atoms with Gasteiger partial charge in [-0.15, -0.1) is 11.3 Å². The number of sulfonamides is 1. The molecule has 0 aromatic carbocycles. The lowest BCUT2D eigenvalue weighted by Crippen LogP contribution is -2.33. The summed E-state index contributed by atoms with van der Waals surface area (Å²) in [5, 5.41) is 8.91. The second-order valence-corrected chi connectivity index (χ2v) is 7.56. The number of rotatable bonds is 3. The molecular weight excluding hydrogens is 274 g/mol. The highest BCUT2D eigenvalue weighted by atomic mass is 32.2. The highest BCUT2D eigenvalue weighted by molar-refractivity contribution is 7.89. The Morgan fingerprint density at radius 1 is 1.56 bits per heavy atom. The first kappa shape index (κ1) is 13.5. The summed E-state index contributed by atoms with van der Waals surface area (Å²) in [6.07, 6.45) is 1.71. The fourth-order valence-electron chi connectivity index (χ4n) is 2.22. The maximum Gasteiger partial charge on any atom is 0.345 e. The number of thiophene rings is 1. The number of carboxylic acids is 1. The number of hydrogen-bond acceptors (Lipinski definition) is 4. The van der Waals surface area contributed by atoms with Crippen molar-refractivity contribution in [2.45, 2.75) is 37.6 Å². The zero-order valence-electron chi connectivity index (χ0n) is 10.2. The molecule has 1 atom stereocenters. The highest BCUT2D eigenvalue weighted by Gasteiger charge is 2.34. The average Bonchev–Trinajstić information content (AvgIpc) is 2.84. The van der Waals surface area contributed by atoms with E-state index in [2.05, 4.69) is 0 Å². The fraction of sp³-hybridized carbons (Fsp3) is 0.545. The van der Waals surface area contributed by atoms with Gasteiger partial charge in [-0.3, -0.25) is 0 Å². The Kier molecular flexibility index (Phi) is 3.48. The maximum absolute atomic E-state index is 12.4. The Morgan fingerprint density at radius 3 is 2.67 bits per heavy atom. The van der Waals surface area contributed by atoms with Gasteiger partial charge in [0.15, 0.2) is 0 Å².